The van der Waals surface area contributed by atoms with Gasteiger partial charge in [-0.3, -0.25) is 0 Å². The molecule has 1 aromatic heterocycles. The van der Waals surface area contributed by atoms with Gasteiger partial charge in [0.05, 0.1) is 17.4 Å². The Balaban J connectivity index is 2.11. The highest BCUT2D eigenvalue weighted by atomic mass is 35.5. The summed E-state index contributed by atoms with van der Waals surface area (Å²) in [6.45, 7) is -0.0177. The fraction of sp³-hybridized carbons (Fsp3) is 0.167. The summed E-state index contributed by atoms with van der Waals surface area (Å²) in [6.07, 6.45) is 2.39. The summed E-state index contributed by atoms with van der Waals surface area (Å²) < 4.78 is 39.5. The van der Waals surface area contributed by atoms with Gasteiger partial charge in [-0.25, -0.2) is 27.5 Å². The van der Waals surface area contributed by atoms with Gasteiger partial charge in [0.25, 0.3) is 0 Å². The molecule has 112 valence electrons. The van der Waals surface area contributed by atoms with E-state index in [9.17, 15) is 12.8 Å². The van der Waals surface area contributed by atoms with Crippen LogP contribution in [0.3, 0.4) is 0 Å². The van der Waals surface area contributed by atoms with Gasteiger partial charge in [0, 0.05) is 13.6 Å². The van der Waals surface area contributed by atoms with Crippen LogP contribution in [0.4, 0.5) is 10.3 Å². The summed E-state index contributed by atoms with van der Waals surface area (Å²) in [6, 6.07) is 3.99. The zero-order valence-electron chi connectivity index (χ0n) is 11.0. The molecule has 0 aliphatic heterocycles. The first-order chi connectivity index (χ1) is 9.92. The molecule has 2 N–H and O–H groups in total. The lowest BCUT2D eigenvalue weighted by Gasteiger charge is -2.07. The molecule has 1 heterocycles. The number of aromatic nitrogens is 2. The predicted octanol–water partition coefficient (Wildman–Crippen LogP) is 1.79. The molecular weight excluding hydrogens is 319 g/mol. The monoisotopic (exact) mass is 330 g/mol. The largest absolute Gasteiger partial charge is 0.357 e. The van der Waals surface area contributed by atoms with Crippen molar-refractivity contribution < 1.29 is 12.8 Å². The Labute approximate surface area is 126 Å². The molecule has 0 aliphatic rings. The van der Waals surface area contributed by atoms with Gasteiger partial charge in [-0.2, -0.15) is 0 Å². The number of hydrogen-bond donors (Lipinski definition) is 2. The van der Waals surface area contributed by atoms with Gasteiger partial charge >= 0.3 is 0 Å². The highest BCUT2D eigenvalue weighted by Gasteiger charge is 2.15. The van der Waals surface area contributed by atoms with Gasteiger partial charge in [-0.1, -0.05) is 17.7 Å². The highest BCUT2D eigenvalue weighted by molar-refractivity contribution is 7.89. The molecule has 0 aliphatic carbocycles. The minimum absolute atomic E-state index is 0.0177. The van der Waals surface area contributed by atoms with Crippen LogP contribution >= 0.6 is 11.6 Å². The number of nitrogens with zero attached hydrogens (tertiary/aromatic N) is 2. The van der Waals surface area contributed by atoms with Gasteiger partial charge < -0.3 is 5.32 Å². The zero-order valence-corrected chi connectivity index (χ0v) is 12.5. The van der Waals surface area contributed by atoms with Crippen LogP contribution in [0, 0.1) is 5.82 Å². The van der Waals surface area contributed by atoms with Gasteiger partial charge in [0.1, 0.15) is 10.7 Å². The Hall–Kier alpha value is -1.77. The second-order valence-electron chi connectivity index (χ2n) is 4.07. The lowest BCUT2D eigenvalue weighted by atomic mass is 10.2. The lowest BCUT2D eigenvalue weighted by Crippen LogP contribution is -2.23. The number of rotatable bonds is 5. The van der Waals surface area contributed by atoms with Crippen LogP contribution in [0.1, 0.15) is 5.56 Å². The van der Waals surface area contributed by atoms with Crippen molar-refractivity contribution in [3.05, 3.63) is 47.0 Å². The minimum Gasteiger partial charge on any atom is -0.357 e. The van der Waals surface area contributed by atoms with Crippen LogP contribution in [-0.4, -0.2) is 25.4 Å². The molecule has 9 heteroatoms. The molecule has 0 radical (unpaired) electrons. The van der Waals surface area contributed by atoms with Gasteiger partial charge in [-0.15, -0.1) is 0 Å². The fourth-order valence-electron chi connectivity index (χ4n) is 1.50. The molecule has 6 nitrogen and oxygen atoms in total. The van der Waals surface area contributed by atoms with Crippen molar-refractivity contribution in [2.75, 3.05) is 12.4 Å². The topological polar surface area (TPSA) is 84.0 Å². The van der Waals surface area contributed by atoms with Crippen molar-refractivity contribution in [2.45, 2.75) is 11.4 Å². The standard InChI is InChI=1S/C12H12ClFN4O2S/c1-15-12-16-6-9(7-17-12)21(19,20)18-5-8-2-3-11(14)10(13)4-8/h2-4,6-7,18H,5H2,1H3,(H,15,16,17). The normalized spacial score (nSPS) is 11.4. The van der Waals surface area contributed by atoms with Crippen molar-refractivity contribution in [1.82, 2.24) is 14.7 Å². The van der Waals surface area contributed by atoms with Crippen molar-refractivity contribution in [3.63, 3.8) is 0 Å². The summed E-state index contributed by atoms with van der Waals surface area (Å²) in [5.41, 5.74) is 0.540. The average Bonchev–Trinajstić information content (AvgIpc) is 2.48. The number of halogens is 2. The summed E-state index contributed by atoms with van der Waals surface area (Å²) in [5, 5.41) is 2.63. The highest BCUT2D eigenvalue weighted by Crippen LogP contribution is 2.16. The van der Waals surface area contributed by atoms with E-state index >= 15 is 0 Å². The fourth-order valence-corrected chi connectivity index (χ4v) is 2.60. The van der Waals surface area contributed by atoms with Crippen LogP contribution in [0.2, 0.25) is 5.02 Å². The summed E-state index contributed by atoms with van der Waals surface area (Å²) in [5.74, 6) is -0.237. The smallest absolute Gasteiger partial charge is 0.243 e. The van der Waals surface area contributed by atoms with E-state index in [1.54, 1.807) is 7.05 Å². The second-order valence-corrected chi connectivity index (χ2v) is 6.24. The number of anilines is 1. The SMILES string of the molecule is CNc1ncc(S(=O)(=O)NCc2ccc(F)c(Cl)c2)cn1. The molecule has 2 aromatic rings. The average molecular weight is 331 g/mol. The predicted molar refractivity (Wildman–Crippen MR) is 77.0 cm³/mol. The molecule has 2 rings (SSSR count). The van der Waals surface area contributed by atoms with E-state index in [0.29, 0.717) is 11.5 Å². The van der Waals surface area contributed by atoms with Crippen molar-refractivity contribution in [2.24, 2.45) is 0 Å². The molecule has 0 unspecified atom stereocenters. The Morgan fingerprint density at radius 2 is 1.95 bits per heavy atom. The molecule has 0 fully saturated rings. The van der Waals surface area contributed by atoms with Crippen molar-refractivity contribution in [3.8, 4) is 0 Å². The molecule has 0 amide bonds. The van der Waals surface area contributed by atoms with E-state index in [0.717, 1.165) is 0 Å². The van der Waals surface area contributed by atoms with E-state index in [1.807, 2.05) is 0 Å². The Morgan fingerprint density at radius 3 is 2.52 bits per heavy atom. The summed E-state index contributed by atoms with van der Waals surface area (Å²) in [7, 11) is -2.12. The van der Waals surface area contributed by atoms with Gasteiger partial charge in [0.15, 0.2) is 0 Å². The molecule has 21 heavy (non-hydrogen) atoms. The summed E-state index contributed by atoms with van der Waals surface area (Å²) in [4.78, 5) is 7.60. The van der Waals surface area contributed by atoms with Gasteiger partial charge in [-0.05, 0) is 17.7 Å². The van der Waals surface area contributed by atoms with Crippen LogP contribution in [0.5, 0.6) is 0 Å². The Bertz CT molecular complexity index is 737. The van der Waals surface area contributed by atoms with Crippen LogP contribution in [0.25, 0.3) is 0 Å². The van der Waals surface area contributed by atoms with Crippen molar-refractivity contribution >= 4 is 27.6 Å². The zero-order chi connectivity index (χ0) is 15.5. The van der Waals surface area contributed by atoms with Crippen LogP contribution in [0.15, 0.2) is 35.5 Å². The lowest BCUT2D eigenvalue weighted by molar-refractivity contribution is 0.580. The number of sulfonamides is 1. The maximum Gasteiger partial charge on any atom is 0.243 e. The van der Waals surface area contributed by atoms with Crippen LogP contribution < -0.4 is 10.0 Å². The molecule has 0 saturated heterocycles. The molecule has 0 atom stereocenters. The molecule has 0 bridgehead atoms. The van der Waals surface area contributed by atoms with Crippen LogP contribution in [-0.2, 0) is 16.6 Å². The first-order valence-electron chi connectivity index (χ1n) is 5.86. The quantitative estimate of drug-likeness (QED) is 0.873. The second kappa shape index (κ2) is 6.33. The molecule has 1 aromatic carbocycles. The van der Waals surface area contributed by atoms with Gasteiger partial charge in [0.2, 0.25) is 16.0 Å². The third kappa shape index (κ3) is 3.87. The van der Waals surface area contributed by atoms with E-state index in [-0.39, 0.29) is 16.5 Å². The maximum absolute atomic E-state index is 13.0. The maximum atomic E-state index is 13.0. The Kier molecular flexibility index (Phi) is 4.71. The van der Waals surface area contributed by atoms with E-state index in [4.69, 9.17) is 11.6 Å². The van der Waals surface area contributed by atoms with E-state index in [2.05, 4.69) is 20.0 Å². The van der Waals surface area contributed by atoms with E-state index in [1.165, 1.54) is 30.6 Å². The molecule has 0 spiro atoms. The molecule has 0 saturated carbocycles. The third-order valence-electron chi connectivity index (χ3n) is 2.61. The first-order valence-corrected chi connectivity index (χ1v) is 7.72. The first kappa shape index (κ1) is 15.6. The number of benzene rings is 1. The minimum atomic E-state index is -3.75. The third-order valence-corrected chi connectivity index (χ3v) is 4.26. The van der Waals surface area contributed by atoms with E-state index < -0.39 is 15.8 Å². The summed E-state index contributed by atoms with van der Waals surface area (Å²) >= 11 is 5.64. The van der Waals surface area contributed by atoms with Crippen molar-refractivity contribution in [1.29, 1.82) is 0 Å². The number of nitrogens with one attached hydrogen (secondary N) is 2. The number of hydrogen-bond acceptors (Lipinski definition) is 5. The Morgan fingerprint density at radius 1 is 1.29 bits per heavy atom. The molecular formula is C12H12ClFN4O2S.